The molecular formula is C10H12F2N6S. The van der Waals surface area contributed by atoms with Crippen molar-refractivity contribution < 1.29 is 8.78 Å². The van der Waals surface area contributed by atoms with Crippen molar-refractivity contribution in [2.24, 2.45) is 5.10 Å². The Kier molecular flexibility index (Phi) is 4.25. The lowest BCUT2D eigenvalue weighted by molar-refractivity contribution is 0.135. The number of rotatable bonds is 5. The van der Waals surface area contributed by atoms with Crippen LogP contribution in [0.1, 0.15) is 24.7 Å². The molecule has 0 spiro atoms. The number of thioether (sulfide) groups is 1. The Balaban J connectivity index is 2.28. The van der Waals surface area contributed by atoms with E-state index in [-0.39, 0.29) is 0 Å². The average molecular weight is 286 g/mol. The Labute approximate surface area is 112 Å². The molecule has 2 heterocycles. The lowest BCUT2D eigenvalue weighted by Gasteiger charge is -2.00. The van der Waals surface area contributed by atoms with Crippen LogP contribution in [0.25, 0.3) is 0 Å². The molecule has 0 radical (unpaired) electrons. The highest BCUT2D eigenvalue weighted by Crippen LogP contribution is 2.21. The molecule has 0 unspecified atom stereocenters. The van der Waals surface area contributed by atoms with E-state index < -0.39 is 12.2 Å². The quantitative estimate of drug-likeness (QED) is 0.623. The fraction of sp³-hybridized carbons (Fsp3) is 0.400. The van der Waals surface area contributed by atoms with Crippen LogP contribution in [-0.2, 0) is 6.54 Å². The van der Waals surface area contributed by atoms with Crippen LogP contribution in [0.5, 0.6) is 0 Å². The summed E-state index contributed by atoms with van der Waals surface area (Å²) in [7, 11) is 0. The molecule has 2 rings (SSSR count). The van der Waals surface area contributed by atoms with Crippen molar-refractivity contribution in [3.63, 3.8) is 0 Å². The van der Waals surface area contributed by atoms with Gasteiger partial charge in [0.25, 0.3) is 6.43 Å². The first-order valence-corrected chi connectivity index (χ1v) is 6.72. The van der Waals surface area contributed by atoms with E-state index >= 15 is 0 Å². The molecule has 2 aromatic heterocycles. The fourth-order valence-electron chi connectivity index (χ4n) is 1.39. The van der Waals surface area contributed by atoms with Gasteiger partial charge in [-0.2, -0.15) is 14.9 Å². The minimum absolute atomic E-state index is 0.314. The third-order valence-corrected chi connectivity index (χ3v) is 2.93. The van der Waals surface area contributed by atoms with Gasteiger partial charge in [-0.3, -0.25) is 4.68 Å². The van der Waals surface area contributed by atoms with Crippen LogP contribution in [0.3, 0.4) is 0 Å². The van der Waals surface area contributed by atoms with Crippen LogP contribution < -0.4 is 0 Å². The van der Waals surface area contributed by atoms with Crippen LogP contribution in [0.15, 0.2) is 22.7 Å². The summed E-state index contributed by atoms with van der Waals surface area (Å²) < 4.78 is 28.2. The third kappa shape index (κ3) is 2.98. The average Bonchev–Trinajstić information content (AvgIpc) is 3.02. The van der Waals surface area contributed by atoms with Crippen molar-refractivity contribution >= 4 is 18.0 Å². The smallest absolute Gasteiger partial charge is 0.272 e. The number of aryl methyl sites for hydroxylation is 1. The summed E-state index contributed by atoms with van der Waals surface area (Å²) in [6, 6.07) is 0. The van der Waals surface area contributed by atoms with Gasteiger partial charge in [-0.15, -0.1) is 10.2 Å². The molecule has 0 fully saturated rings. The monoisotopic (exact) mass is 286 g/mol. The van der Waals surface area contributed by atoms with Crippen LogP contribution >= 0.6 is 11.8 Å². The SMILES string of the molecule is CCn1cc(C=Nn2c(SC)nnc2C(F)F)cn1. The molecule has 19 heavy (non-hydrogen) atoms. The van der Waals surface area contributed by atoms with Crippen molar-refractivity contribution in [1.29, 1.82) is 0 Å². The van der Waals surface area contributed by atoms with Crippen molar-refractivity contribution in [3.05, 3.63) is 23.8 Å². The maximum atomic E-state index is 12.7. The molecule has 0 saturated carbocycles. The molecule has 0 amide bonds. The van der Waals surface area contributed by atoms with Gasteiger partial charge < -0.3 is 0 Å². The van der Waals surface area contributed by atoms with Gasteiger partial charge in [0, 0.05) is 18.3 Å². The Hall–Kier alpha value is -1.77. The number of hydrogen-bond acceptors (Lipinski definition) is 5. The Morgan fingerprint density at radius 3 is 2.84 bits per heavy atom. The predicted octanol–water partition coefficient (Wildman–Crippen LogP) is 2.04. The lowest BCUT2D eigenvalue weighted by Crippen LogP contribution is -2.00. The maximum Gasteiger partial charge on any atom is 0.299 e. The Bertz CT molecular complexity index is 576. The highest BCUT2D eigenvalue weighted by Gasteiger charge is 2.19. The molecule has 0 atom stereocenters. The van der Waals surface area contributed by atoms with Crippen LogP contribution in [0, 0.1) is 0 Å². The van der Waals surface area contributed by atoms with E-state index in [2.05, 4.69) is 20.4 Å². The van der Waals surface area contributed by atoms with Gasteiger partial charge in [0.05, 0.1) is 12.4 Å². The topological polar surface area (TPSA) is 60.9 Å². The van der Waals surface area contributed by atoms with Crippen LogP contribution in [-0.4, -0.2) is 37.1 Å². The van der Waals surface area contributed by atoms with Crippen molar-refractivity contribution in [2.75, 3.05) is 6.26 Å². The first-order chi connectivity index (χ1) is 9.15. The van der Waals surface area contributed by atoms with E-state index in [9.17, 15) is 8.78 Å². The third-order valence-electron chi connectivity index (χ3n) is 2.31. The zero-order valence-electron chi connectivity index (χ0n) is 10.4. The molecule has 2 aromatic rings. The molecular weight excluding hydrogens is 274 g/mol. The summed E-state index contributed by atoms with van der Waals surface area (Å²) in [6.45, 7) is 2.69. The lowest BCUT2D eigenvalue weighted by atomic mass is 10.4. The number of alkyl halides is 2. The summed E-state index contributed by atoms with van der Waals surface area (Å²) in [5.41, 5.74) is 0.725. The zero-order chi connectivity index (χ0) is 13.8. The van der Waals surface area contributed by atoms with Crippen molar-refractivity contribution in [2.45, 2.75) is 25.1 Å². The fourth-order valence-corrected chi connectivity index (χ4v) is 1.83. The van der Waals surface area contributed by atoms with Gasteiger partial charge >= 0.3 is 0 Å². The molecule has 0 aromatic carbocycles. The Morgan fingerprint density at radius 2 is 2.26 bits per heavy atom. The predicted molar refractivity (Wildman–Crippen MR) is 67.7 cm³/mol. The molecule has 0 aliphatic carbocycles. The van der Waals surface area contributed by atoms with Crippen molar-refractivity contribution in [3.8, 4) is 0 Å². The minimum Gasteiger partial charge on any atom is -0.272 e. The van der Waals surface area contributed by atoms with Gasteiger partial charge in [-0.1, -0.05) is 11.8 Å². The second-order valence-corrected chi connectivity index (χ2v) is 4.30. The maximum absolute atomic E-state index is 12.7. The van der Waals surface area contributed by atoms with E-state index in [1.165, 1.54) is 18.0 Å². The van der Waals surface area contributed by atoms with Gasteiger partial charge in [-0.25, -0.2) is 8.78 Å². The molecule has 0 aliphatic heterocycles. The van der Waals surface area contributed by atoms with Gasteiger partial charge in [0.1, 0.15) is 0 Å². The van der Waals surface area contributed by atoms with E-state index in [4.69, 9.17) is 0 Å². The summed E-state index contributed by atoms with van der Waals surface area (Å²) >= 11 is 1.20. The van der Waals surface area contributed by atoms with E-state index in [1.54, 1.807) is 23.3 Å². The molecule has 0 N–H and O–H groups in total. The van der Waals surface area contributed by atoms with Crippen LogP contribution in [0.2, 0.25) is 0 Å². The second-order valence-electron chi connectivity index (χ2n) is 3.53. The molecule has 0 bridgehead atoms. The second kappa shape index (κ2) is 5.91. The molecule has 9 heteroatoms. The highest BCUT2D eigenvalue weighted by atomic mass is 32.2. The Morgan fingerprint density at radius 1 is 1.47 bits per heavy atom. The standard InChI is InChI=1S/C10H12F2N6S/c1-3-17-6-7(4-13-17)5-14-18-9(8(11)12)15-16-10(18)19-2/h4-6,8H,3H2,1-2H3. The van der Waals surface area contributed by atoms with E-state index in [0.717, 1.165) is 16.8 Å². The first-order valence-electron chi connectivity index (χ1n) is 5.50. The largest absolute Gasteiger partial charge is 0.299 e. The van der Waals surface area contributed by atoms with Crippen molar-refractivity contribution in [1.82, 2.24) is 24.7 Å². The summed E-state index contributed by atoms with van der Waals surface area (Å²) in [6.07, 6.45) is 3.84. The van der Waals surface area contributed by atoms with Gasteiger partial charge in [0.2, 0.25) is 11.0 Å². The summed E-state index contributed by atoms with van der Waals surface area (Å²) in [5.74, 6) is -0.469. The van der Waals surface area contributed by atoms with E-state index in [0.29, 0.717) is 5.16 Å². The molecule has 6 nitrogen and oxygen atoms in total. The molecule has 0 aliphatic rings. The van der Waals surface area contributed by atoms with Gasteiger partial charge in [0.15, 0.2) is 0 Å². The number of nitrogens with zero attached hydrogens (tertiary/aromatic N) is 6. The highest BCUT2D eigenvalue weighted by molar-refractivity contribution is 7.98. The number of aromatic nitrogens is 5. The normalized spacial score (nSPS) is 11.8. The van der Waals surface area contributed by atoms with Crippen LogP contribution in [0.4, 0.5) is 8.78 Å². The van der Waals surface area contributed by atoms with E-state index in [1.807, 2.05) is 6.92 Å². The summed E-state index contributed by atoms with van der Waals surface area (Å²) in [4.78, 5) is 0. The van der Waals surface area contributed by atoms with Gasteiger partial charge in [-0.05, 0) is 13.2 Å². The first kappa shape index (κ1) is 13.7. The molecule has 0 saturated heterocycles. The number of hydrogen-bond donors (Lipinski definition) is 0. The zero-order valence-corrected chi connectivity index (χ0v) is 11.2. The summed E-state index contributed by atoms with van der Waals surface area (Å²) in [5, 5.41) is 15.4. The molecule has 102 valence electrons. The minimum atomic E-state index is -2.72. The number of halogens is 2.